The zero-order valence-corrected chi connectivity index (χ0v) is 12.1. The minimum Gasteiger partial charge on any atom is -0.446 e. The summed E-state index contributed by atoms with van der Waals surface area (Å²) in [5.74, 6) is 0.588. The van der Waals surface area contributed by atoms with Crippen LogP contribution in [0.4, 0.5) is 4.79 Å². The molecule has 1 aromatic rings. The van der Waals surface area contributed by atoms with Gasteiger partial charge in [-0.15, -0.1) is 22.9 Å². The maximum atomic E-state index is 8.90. The third-order valence-corrected chi connectivity index (χ3v) is 2.03. The number of halogens is 2. The molecule has 0 aromatic carbocycles. The summed E-state index contributed by atoms with van der Waals surface area (Å²) in [6.07, 6.45) is 0.0455. The van der Waals surface area contributed by atoms with Crippen LogP contribution in [0.1, 0.15) is 4.88 Å². The van der Waals surface area contributed by atoms with Crippen molar-refractivity contribution >= 4 is 41.0 Å². The van der Waals surface area contributed by atoms with Crippen LogP contribution in [-0.2, 0) is 10.2 Å². The summed E-state index contributed by atoms with van der Waals surface area (Å²) in [7, 11) is 0. The van der Waals surface area contributed by atoms with Crippen LogP contribution in [0.2, 0.25) is 0 Å². The number of thiazole rings is 1. The smallest absolute Gasteiger partial charge is 0.446 e. The van der Waals surface area contributed by atoms with E-state index in [0.29, 0.717) is 5.88 Å². The Morgan fingerprint density at radius 2 is 2.31 bits per heavy atom. The predicted octanol–water partition coefficient (Wildman–Crippen LogP) is -1.61. The summed E-state index contributed by atoms with van der Waals surface area (Å²) in [6, 6.07) is 0. The van der Waals surface area contributed by atoms with Crippen LogP contribution in [0.3, 0.4) is 0 Å². The van der Waals surface area contributed by atoms with E-state index >= 15 is 0 Å². The van der Waals surface area contributed by atoms with Gasteiger partial charge in [0.25, 0.3) is 6.16 Å². The first-order valence-corrected chi connectivity index (χ1v) is 4.36. The van der Waals surface area contributed by atoms with Crippen LogP contribution in [-0.4, -0.2) is 11.1 Å². The summed E-state index contributed by atoms with van der Waals surface area (Å²) in [5, 5.41) is 8.90. The zero-order valence-electron chi connectivity index (χ0n) is 6.70. The second kappa shape index (κ2) is 11.2. The molecule has 0 aliphatic heterocycles. The first-order valence-electron chi connectivity index (χ1n) is 2.63. The first kappa shape index (κ1) is 16.5. The first-order chi connectivity index (χ1) is 5.70. The Balaban J connectivity index is 0. The predicted molar refractivity (Wildman–Crippen MR) is 44.0 cm³/mol. The molecule has 0 aliphatic carbocycles. The van der Waals surface area contributed by atoms with Crippen molar-refractivity contribution in [3.63, 3.8) is 0 Å². The van der Waals surface area contributed by atoms with Gasteiger partial charge in [0, 0.05) is 22.9 Å². The molecule has 0 spiro atoms. The van der Waals surface area contributed by atoms with E-state index in [9.17, 15) is 0 Å². The largest absolute Gasteiger partial charge is 1.00 e. The van der Waals surface area contributed by atoms with Crippen LogP contribution in [0.15, 0.2) is 11.7 Å². The Hall–Kier alpha value is 1.12. The molecular weight excluding hydrogens is 264 g/mol. The summed E-state index contributed by atoms with van der Waals surface area (Å²) in [4.78, 5) is 13.9. The van der Waals surface area contributed by atoms with E-state index in [1.807, 2.05) is 0 Å². The van der Waals surface area contributed by atoms with E-state index in [2.05, 4.69) is 21.1 Å². The van der Waals surface area contributed by atoms with Crippen molar-refractivity contribution in [2.24, 2.45) is 0 Å². The normalized spacial score (nSPS) is 7.54. The van der Waals surface area contributed by atoms with Crippen LogP contribution >= 0.6 is 34.8 Å². The molecule has 1 aromatic heterocycles. The monoisotopic (exact) mass is 267 g/mol. The molecule has 0 saturated carbocycles. The van der Waals surface area contributed by atoms with E-state index in [0.717, 1.165) is 4.88 Å². The molecule has 0 saturated heterocycles. The molecule has 0 radical (unpaired) electrons. The molecule has 0 atom stereocenters. The Morgan fingerprint density at radius 1 is 1.77 bits per heavy atom. The fourth-order valence-corrected chi connectivity index (χ4v) is 1.01. The van der Waals surface area contributed by atoms with E-state index in [1.165, 1.54) is 0 Å². The van der Waals surface area contributed by atoms with Crippen LogP contribution < -0.4 is 56.5 Å². The SMILES string of the molecule is ClCc1cncs1.O=C([O-])OCl.[K+]. The molecule has 68 valence electrons. The molecule has 0 amide bonds. The average molecular weight is 268 g/mol. The molecule has 13 heavy (non-hydrogen) atoms. The number of nitrogens with zero attached hydrogens (tertiary/aromatic N) is 1. The maximum Gasteiger partial charge on any atom is 1.00 e. The molecule has 0 fully saturated rings. The third-order valence-electron chi connectivity index (χ3n) is 0.678. The molecule has 0 bridgehead atoms. The topological polar surface area (TPSA) is 62.2 Å². The van der Waals surface area contributed by atoms with Gasteiger partial charge in [0.1, 0.15) is 0 Å². The van der Waals surface area contributed by atoms with Crippen molar-refractivity contribution in [1.82, 2.24) is 4.98 Å². The van der Waals surface area contributed by atoms with Crippen molar-refractivity contribution in [2.75, 3.05) is 0 Å². The third kappa shape index (κ3) is 11.0. The van der Waals surface area contributed by atoms with E-state index in [4.69, 9.17) is 21.5 Å². The Kier molecular flexibility index (Phi) is 14.2. The van der Waals surface area contributed by atoms with Crippen molar-refractivity contribution in [3.8, 4) is 0 Å². The van der Waals surface area contributed by atoms with Gasteiger partial charge in [0.15, 0.2) is 0 Å². The molecule has 0 N–H and O–H groups in total. The summed E-state index contributed by atoms with van der Waals surface area (Å²) >= 11 is 11.2. The van der Waals surface area contributed by atoms with Gasteiger partial charge in [-0.1, -0.05) is 0 Å². The number of carboxylic acid groups (broad SMARTS) is 1. The van der Waals surface area contributed by atoms with Crippen molar-refractivity contribution in [2.45, 2.75) is 5.88 Å². The summed E-state index contributed by atoms with van der Waals surface area (Å²) in [6.45, 7) is 0. The molecule has 4 nitrogen and oxygen atoms in total. The van der Waals surface area contributed by atoms with Gasteiger partial charge >= 0.3 is 51.4 Å². The quantitative estimate of drug-likeness (QED) is 0.454. The van der Waals surface area contributed by atoms with Gasteiger partial charge in [-0.2, -0.15) is 0 Å². The fourth-order valence-electron chi connectivity index (χ4n) is 0.308. The van der Waals surface area contributed by atoms with Gasteiger partial charge in [-0.05, 0) is 0 Å². The number of rotatable bonds is 1. The van der Waals surface area contributed by atoms with Gasteiger partial charge < -0.3 is 14.2 Å². The fraction of sp³-hybridized carbons (Fsp3) is 0.200. The van der Waals surface area contributed by atoms with E-state index in [-0.39, 0.29) is 51.4 Å². The molecular formula is C5H4Cl2KNO3S. The minimum atomic E-state index is -1.73. The van der Waals surface area contributed by atoms with E-state index < -0.39 is 6.16 Å². The van der Waals surface area contributed by atoms with E-state index in [1.54, 1.807) is 23.0 Å². The summed E-state index contributed by atoms with van der Waals surface area (Å²) in [5.41, 5.74) is 1.78. The number of carbonyl (C=O) groups is 1. The second-order valence-electron chi connectivity index (χ2n) is 1.43. The number of alkyl halides is 1. The Morgan fingerprint density at radius 3 is 2.46 bits per heavy atom. The van der Waals surface area contributed by atoms with Crippen molar-refractivity contribution < 1.29 is 65.6 Å². The van der Waals surface area contributed by atoms with Gasteiger partial charge in [-0.25, -0.2) is 0 Å². The van der Waals surface area contributed by atoms with Gasteiger partial charge in [0.05, 0.1) is 11.4 Å². The van der Waals surface area contributed by atoms with Gasteiger partial charge in [-0.3, -0.25) is 4.98 Å². The minimum absolute atomic E-state index is 0. The van der Waals surface area contributed by atoms with Crippen LogP contribution in [0.25, 0.3) is 0 Å². The van der Waals surface area contributed by atoms with Crippen LogP contribution in [0.5, 0.6) is 0 Å². The molecule has 1 heterocycles. The van der Waals surface area contributed by atoms with Gasteiger partial charge in [0.2, 0.25) is 0 Å². The number of aromatic nitrogens is 1. The number of carbonyl (C=O) groups excluding carboxylic acids is 1. The molecule has 0 unspecified atom stereocenters. The molecule has 8 heteroatoms. The van der Waals surface area contributed by atoms with Crippen molar-refractivity contribution in [1.29, 1.82) is 0 Å². The summed E-state index contributed by atoms with van der Waals surface area (Å²) < 4.78 is 3.03. The number of hydrogen-bond donors (Lipinski definition) is 0. The maximum absolute atomic E-state index is 8.90. The zero-order chi connectivity index (χ0) is 9.40. The standard InChI is InChI=1S/C4H4ClNS.CHClO3.K/c5-1-4-2-6-3-7-4;2-5-1(3)4;/h2-3H,1H2;(H,3,4);/q;;+1/p-1. The second-order valence-corrected chi connectivity index (χ2v) is 2.82. The van der Waals surface area contributed by atoms with Crippen molar-refractivity contribution in [3.05, 3.63) is 16.6 Å². The average Bonchev–Trinajstić information content (AvgIpc) is 2.57. The Bertz CT molecular complexity index is 222. The van der Waals surface area contributed by atoms with Crippen LogP contribution in [0, 0.1) is 0 Å². The Labute approximate surface area is 132 Å². The molecule has 0 aliphatic rings. The number of hydrogen-bond acceptors (Lipinski definition) is 5. The molecule has 1 rings (SSSR count).